The number of imidazole rings is 1. The normalized spacial score (nSPS) is 28.8. The van der Waals surface area contributed by atoms with E-state index in [1.54, 1.807) is 11.6 Å². The highest BCUT2D eigenvalue weighted by atomic mass is 32.2. The van der Waals surface area contributed by atoms with Gasteiger partial charge in [0, 0.05) is 38.9 Å². The number of nitrogens with zero attached hydrogens (tertiary/aromatic N) is 3. The standard InChI is InChI=1S/C14H22N4O5S/c1-17-8-13(15-9-17)24(21,22)18-6-10(11(7-18)16-14(19)20)12-4-2-3-5-23-12/h8-12,16H,2-7H2,1H3,(H,19,20)/t10-,11-,12?/m0/s1. The van der Waals surface area contributed by atoms with Crippen molar-refractivity contribution in [1.29, 1.82) is 0 Å². The number of hydrogen-bond acceptors (Lipinski definition) is 5. The van der Waals surface area contributed by atoms with Gasteiger partial charge in [0.25, 0.3) is 10.0 Å². The van der Waals surface area contributed by atoms with Crippen LogP contribution < -0.4 is 5.32 Å². The van der Waals surface area contributed by atoms with Crippen molar-refractivity contribution in [3.05, 3.63) is 12.5 Å². The minimum atomic E-state index is -3.75. The van der Waals surface area contributed by atoms with E-state index in [4.69, 9.17) is 9.84 Å². The van der Waals surface area contributed by atoms with Crippen LogP contribution in [0.15, 0.2) is 17.6 Å². The molecule has 2 aliphatic heterocycles. The zero-order valence-corrected chi connectivity index (χ0v) is 14.3. The van der Waals surface area contributed by atoms with E-state index in [1.807, 2.05) is 0 Å². The molecule has 9 nitrogen and oxygen atoms in total. The van der Waals surface area contributed by atoms with Crippen LogP contribution in [0.1, 0.15) is 19.3 Å². The molecule has 1 aromatic heterocycles. The minimum Gasteiger partial charge on any atom is -0.465 e. The number of carbonyl (C=O) groups is 1. The van der Waals surface area contributed by atoms with Gasteiger partial charge in [-0.05, 0) is 19.3 Å². The van der Waals surface area contributed by atoms with Crippen LogP contribution in [0.3, 0.4) is 0 Å². The molecule has 1 amide bonds. The zero-order valence-electron chi connectivity index (χ0n) is 13.5. The van der Waals surface area contributed by atoms with E-state index in [1.165, 1.54) is 16.8 Å². The summed E-state index contributed by atoms with van der Waals surface area (Å²) in [4.78, 5) is 15.0. The van der Waals surface area contributed by atoms with Crippen LogP contribution in [-0.2, 0) is 21.8 Å². The fraction of sp³-hybridized carbons (Fsp3) is 0.714. The summed E-state index contributed by atoms with van der Waals surface area (Å²) in [6, 6.07) is -0.482. The molecule has 1 aromatic rings. The summed E-state index contributed by atoms with van der Waals surface area (Å²) >= 11 is 0. The Morgan fingerprint density at radius 1 is 1.42 bits per heavy atom. The van der Waals surface area contributed by atoms with Crippen molar-refractivity contribution in [1.82, 2.24) is 19.2 Å². The van der Waals surface area contributed by atoms with Gasteiger partial charge in [-0.2, -0.15) is 4.31 Å². The van der Waals surface area contributed by atoms with Gasteiger partial charge in [-0.1, -0.05) is 0 Å². The van der Waals surface area contributed by atoms with E-state index in [0.29, 0.717) is 6.61 Å². The molecule has 0 spiro atoms. The Morgan fingerprint density at radius 3 is 2.79 bits per heavy atom. The SMILES string of the molecule is Cn1cnc(S(=O)(=O)N2C[C@H](NC(=O)O)[C@@H](C3CCCCO3)C2)c1. The Balaban J connectivity index is 1.81. The second kappa shape index (κ2) is 6.69. The summed E-state index contributed by atoms with van der Waals surface area (Å²) < 4.78 is 34.1. The number of sulfonamides is 1. The van der Waals surface area contributed by atoms with Gasteiger partial charge < -0.3 is 19.7 Å². The van der Waals surface area contributed by atoms with Crippen molar-refractivity contribution in [2.75, 3.05) is 19.7 Å². The van der Waals surface area contributed by atoms with Crippen molar-refractivity contribution >= 4 is 16.1 Å². The van der Waals surface area contributed by atoms with Gasteiger partial charge in [0.2, 0.25) is 0 Å². The third-order valence-corrected chi connectivity index (χ3v) is 6.34. The second-order valence-corrected chi connectivity index (χ2v) is 8.21. The Labute approximate surface area is 140 Å². The first-order valence-corrected chi connectivity index (χ1v) is 9.41. The number of nitrogens with one attached hydrogen (secondary N) is 1. The van der Waals surface area contributed by atoms with E-state index in [0.717, 1.165) is 19.3 Å². The number of carboxylic acid groups (broad SMARTS) is 1. The molecule has 2 aliphatic rings. The smallest absolute Gasteiger partial charge is 0.404 e. The van der Waals surface area contributed by atoms with Gasteiger partial charge in [-0.15, -0.1) is 0 Å². The molecule has 0 radical (unpaired) electrons. The van der Waals surface area contributed by atoms with Gasteiger partial charge in [-0.3, -0.25) is 0 Å². The molecule has 1 unspecified atom stereocenters. The molecule has 24 heavy (non-hydrogen) atoms. The molecule has 2 saturated heterocycles. The molecule has 0 saturated carbocycles. The monoisotopic (exact) mass is 358 g/mol. The summed E-state index contributed by atoms with van der Waals surface area (Å²) in [5.41, 5.74) is 0. The molecule has 2 fully saturated rings. The van der Waals surface area contributed by atoms with Crippen LogP contribution in [0.5, 0.6) is 0 Å². The van der Waals surface area contributed by atoms with Gasteiger partial charge in [0.1, 0.15) is 0 Å². The third kappa shape index (κ3) is 3.40. The fourth-order valence-corrected chi connectivity index (χ4v) is 4.90. The highest BCUT2D eigenvalue weighted by molar-refractivity contribution is 7.89. The number of amides is 1. The maximum absolute atomic E-state index is 12.7. The van der Waals surface area contributed by atoms with Crippen molar-refractivity contribution in [3.63, 3.8) is 0 Å². The molecule has 134 valence electrons. The molecule has 0 aromatic carbocycles. The minimum absolute atomic E-state index is 0.0238. The average Bonchev–Trinajstić information content (AvgIpc) is 3.15. The number of aromatic nitrogens is 2. The summed E-state index contributed by atoms with van der Waals surface area (Å²) in [5.74, 6) is -0.195. The molecule has 3 rings (SSSR count). The highest BCUT2D eigenvalue weighted by Gasteiger charge is 2.44. The Kier molecular flexibility index (Phi) is 4.79. The lowest BCUT2D eigenvalue weighted by atomic mass is 9.92. The predicted molar refractivity (Wildman–Crippen MR) is 84.0 cm³/mol. The Hall–Kier alpha value is -1.65. The number of ether oxygens (including phenoxy) is 1. The number of hydrogen-bond donors (Lipinski definition) is 2. The van der Waals surface area contributed by atoms with E-state index in [9.17, 15) is 13.2 Å². The molecule has 0 aliphatic carbocycles. The topological polar surface area (TPSA) is 114 Å². The van der Waals surface area contributed by atoms with Crippen LogP contribution in [0.4, 0.5) is 4.79 Å². The van der Waals surface area contributed by atoms with Crippen LogP contribution in [0.2, 0.25) is 0 Å². The summed E-state index contributed by atoms with van der Waals surface area (Å²) in [7, 11) is -2.05. The van der Waals surface area contributed by atoms with Crippen molar-refractivity contribution in [2.45, 2.75) is 36.4 Å². The van der Waals surface area contributed by atoms with Gasteiger partial charge in [0.05, 0.1) is 18.5 Å². The Morgan fingerprint density at radius 2 is 2.21 bits per heavy atom. The molecular weight excluding hydrogens is 336 g/mol. The quantitative estimate of drug-likeness (QED) is 0.797. The van der Waals surface area contributed by atoms with Crippen LogP contribution >= 0.6 is 0 Å². The van der Waals surface area contributed by atoms with E-state index in [2.05, 4.69) is 10.3 Å². The maximum atomic E-state index is 12.7. The van der Waals surface area contributed by atoms with Crippen LogP contribution in [0.25, 0.3) is 0 Å². The van der Waals surface area contributed by atoms with Crippen molar-refractivity contribution in [2.24, 2.45) is 13.0 Å². The molecule has 2 N–H and O–H groups in total. The van der Waals surface area contributed by atoms with Crippen molar-refractivity contribution < 1.29 is 23.1 Å². The largest absolute Gasteiger partial charge is 0.465 e. The average molecular weight is 358 g/mol. The predicted octanol–water partition coefficient (Wildman–Crippen LogP) is 0.246. The lowest BCUT2D eigenvalue weighted by molar-refractivity contribution is -0.0223. The van der Waals surface area contributed by atoms with E-state index < -0.39 is 22.2 Å². The molecule has 3 heterocycles. The number of aryl methyl sites for hydroxylation is 1. The van der Waals surface area contributed by atoms with E-state index >= 15 is 0 Å². The molecular formula is C14H22N4O5S. The molecule has 10 heteroatoms. The Bertz CT molecular complexity index is 698. The second-order valence-electron chi connectivity index (χ2n) is 6.32. The summed E-state index contributed by atoms with van der Waals surface area (Å²) in [6.07, 6.45) is 4.40. The van der Waals surface area contributed by atoms with Gasteiger partial charge >= 0.3 is 6.09 Å². The zero-order chi connectivity index (χ0) is 17.3. The lowest BCUT2D eigenvalue weighted by Gasteiger charge is -2.30. The highest BCUT2D eigenvalue weighted by Crippen LogP contribution is 2.31. The maximum Gasteiger partial charge on any atom is 0.404 e. The van der Waals surface area contributed by atoms with Gasteiger partial charge in [0.15, 0.2) is 5.03 Å². The van der Waals surface area contributed by atoms with Crippen molar-refractivity contribution in [3.8, 4) is 0 Å². The fourth-order valence-electron chi connectivity index (χ4n) is 3.43. The first-order valence-electron chi connectivity index (χ1n) is 7.97. The van der Waals surface area contributed by atoms with Gasteiger partial charge in [-0.25, -0.2) is 18.2 Å². The van der Waals surface area contributed by atoms with E-state index in [-0.39, 0.29) is 30.1 Å². The summed E-state index contributed by atoms with van der Waals surface area (Å²) in [5, 5.41) is 11.5. The third-order valence-electron chi connectivity index (χ3n) is 4.62. The van der Waals surface area contributed by atoms with Crippen LogP contribution in [0, 0.1) is 5.92 Å². The molecule has 3 atom stereocenters. The lowest BCUT2D eigenvalue weighted by Crippen LogP contribution is -2.45. The van der Waals surface area contributed by atoms with Crippen LogP contribution in [-0.4, -0.2) is 65.3 Å². The number of rotatable bonds is 4. The first-order chi connectivity index (χ1) is 11.4. The first kappa shape index (κ1) is 17.2. The summed E-state index contributed by atoms with van der Waals surface area (Å²) in [6.45, 7) is 0.957. The molecule has 0 bridgehead atoms.